The van der Waals surface area contributed by atoms with Crippen LogP contribution in [0, 0.1) is 29.4 Å². The first-order chi connectivity index (χ1) is 24.9. The minimum Gasteiger partial charge on any atom is -0.382 e. The molecule has 2 aromatic carbocycles. The van der Waals surface area contributed by atoms with Gasteiger partial charge in [0.25, 0.3) is 12.3 Å². The number of aliphatic hydroxyl groups is 1. The molecular formula is C37H30ClF6N7O2. The van der Waals surface area contributed by atoms with E-state index in [1.54, 1.807) is 31.3 Å². The van der Waals surface area contributed by atoms with Gasteiger partial charge in [0.15, 0.2) is 5.82 Å². The Morgan fingerprint density at radius 3 is 2.42 bits per heavy atom. The first-order valence-electron chi connectivity index (χ1n) is 16.3. The van der Waals surface area contributed by atoms with E-state index < -0.39 is 71.3 Å². The molecule has 9 nitrogen and oxygen atoms in total. The second-order valence-corrected chi connectivity index (χ2v) is 13.9. The summed E-state index contributed by atoms with van der Waals surface area (Å²) in [7, 11) is 1.64. The lowest BCUT2D eigenvalue weighted by molar-refractivity contribution is -0.123. The first-order valence-corrected chi connectivity index (χ1v) is 16.7. The van der Waals surface area contributed by atoms with Crippen LogP contribution in [0.5, 0.6) is 0 Å². The van der Waals surface area contributed by atoms with Crippen LogP contribution >= 0.6 is 11.6 Å². The summed E-state index contributed by atoms with van der Waals surface area (Å²) in [5, 5.41) is 21.8. The van der Waals surface area contributed by atoms with Gasteiger partial charge in [-0.15, -0.1) is 0 Å². The van der Waals surface area contributed by atoms with Crippen molar-refractivity contribution in [2.75, 3.05) is 5.73 Å². The minimum absolute atomic E-state index is 0.0914. The number of anilines is 1. The van der Waals surface area contributed by atoms with Gasteiger partial charge in [0.1, 0.15) is 40.9 Å². The second-order valence-electron chi connectivity index (χ2n) is 13.5. The number of fused-ring (bicyclic) bond motifs is 4. The number of alkyl halides is 4. The highest BCUT2D eigenvalue weighted by Gasteiger charge is 2.60. The maximum absolute atomic E-state index is 15.5. The van der Waals surface area contributed by atoms with E-state index in [2.05, 4.69) is 27.4 Å². The number of hydrogen-bond acceptors (Lipinski definition) is 6. The average molecular weight is 754 g/mol. The predicted molar refractivity (Wildman–Crippen MR) is 184 cm³/mol. The number of halogens is 7. The lowest BCUT2D eigenvalue weighted by atomic mass is 9.81. The van der Waals surface area contributed by atoms with Gasteiger partial charge in [0.2, 0.25) is 5.91 Å². The van der Waals surface area contributed by atoms with Gasteiger partial charge in [0.05, 0.1) is 33.6 Å². The number of aromatic nitrogens is 5. The highest BCUT2D eigenvalue weighted by molar-refractivity contribution is 6.37. The second kappa shape index (κ2) is 13.0. The number of allylic oxidation sites excluding steroid dienone is 2. The maximum atomic E-state index is 15.5. The summed E-state index contributed by atoms with van der Waals surface area (Å²) in [5.41, 5.74) is 4.54. The number of benzene rings is 2. The van der Waals surface area contributed by atoms with Crippen LogP contribution in [0.15, 0.2) is 54.6 Å². The summed E-state index contributed by atoms with van der Waals surface area (Å²) in [6.07, 6.45) is -0.815. The number of pyridine rings is 1. The van der Waals surface area contributed by atoms with Gasteiger partial charge in [-0.25, -0.2) is 22.5 Å². The van der Waals surface area contributed by atoms with Gasteiger partial charge in [-0.2, -0.15) is 19.0 Å². The third-order valence-corrected chi connectivity index (χ3v) is 9.52. The van der Waals surface area contributed by atoms with Crippen LogP contribution < -0.4 is 11.1 Å². The molecule has 0 spiro atoms. The van der Waals surface area contributed by atoms with Gasteiger partial charge in [0, 0.05) is 35.7 Å². The monoisotopic (exact) mass is 753 g/mol. The van der Waals surface area contributed by atoms with E-state index in [1.807, 2.05) is 0 Å². The van der Waals surface area contributed by atoms with Crippen molar-refractivity contribution in [1.82, 2.24) is 29.9 Å². The van der Waals surface area contributed by atoms with Crippen molar-refractivity contribution in [3.8, 4) is 23.0 Å². The van der Waals surface area contributed by atoms with Crippen molar-refractivity contribution in [1.29, 1.82) is 0 Å². The van der Waals surface area contributed by atoms with Crippen LogP contribution in [0.25, 0.3) is 22.0 Å². The number of nitrogen functional groups attached to an aromatic ring is 1. The molecule has 16 heteroatoms. The molecule has 3 heterocycles. The number of carbonyl (C=O) groups is 1. The molecule has 53 heavy (non-hydrogen) atoms. The summed E-state index contributed by atoms with van der Waals surface area (Å²) >= 11 is 6.50. The smallest absolute Gasteiger partial charge is 0.296 e. The number of nitrogens with zero attached hydrogens (tertiary/aromatic N) is 5. The van der Waals surface area contributed by atoms with Gasteiger partial charge >= 0.3 is 0 Å². The molecule has 2 aliphatic rings. The summed E-state index contributed by atoms with van der Waals surface area (Å²) < 4.78 is 90.2. The third kappa shape index (κ3) is 6.50. The molecule has 0 fully saturated rings. The lowest BCUT2D eigenvalue weighted by Gasteiger charge is -2.27. The molecule has 274 valence electrons. The third-order valence-electron chi connectivity index (χ3n) is 9.20. The Labute approximate surface area is 303 Å². The van der Waals surface area contributed by atoms with Crippen LogP contribution in [0.4, 0.5) is 32.2 Å². The molecule has 3 aromatic heterocycles. The Morgan fingerprint density at radius 1 is 1.08 bits per heavy atom. The number of rotatable bonds is 8. The summed E-state index contributed by atoms with van der Waals surface area (Å²) in [6.45, 7) is 2.03. The quantitative estimate of drug-likeness (QED) is 0.0903. The van der Waals surface area contributed by atoms with E-state index in [0.29, 0.717) is 37.8 Å². The van der Waals surface area contributed by atoms with Crippen molar-refractivity contribution >= 4 is 34.2 Å². The zero-order chi connectivity index (χ0) is 38.1. The Balaban J connectivity index is 1.37. The molecule has 1 amide bonds. The fourth-order valence-electron chi connectivity index (χ4n) is 7.00. The fraction of sp³-hybridized carbons (Fsp3) is 0.297. The molecule has 0 radical (unpaired) electrons. The normalized spacial score (nSPS) is 17.7. The molecule has 0 aliphatic heterocycles. The number of hydrogen-bond donors (Lipinski definition) is 3. The zero-order valence-electron chi connectivity index (χ0n) is 28.2. The van der Waals surface area contributed by atoms with Crippen molar-refractivity contribution in [2.45, 2.75) is 56.7 Å². The molecule has 3 atom stereocenters. The van der Waals surface area contributed by atoms with E-state index in [0.717, 1.165) is 12.1 Å². The minimum atomic E-state index is -3.57. The van der Waals surface area contributed by atoms with E-state index in [4.69, 9.17) is 22.3 Å². The van der Waals surface area contributed by atoms with Gasteiger partial charge in [-0.3, -0.25) is 14.2 Å². The van der Waals surface area contributed by atoms with Crippen molar-refractivity contribution in [3.63, 3.8) is 0 Å². The van der Waals surface area contributed by atoms with E-state index in [1.165, 1.54) is 30.7 Å². The molecule has 5 aromatic rings. The van der Waals surface area contributed by atoms with E-state index in [9.17, 15) is 27.5 Å². The fourth-order valence-corrected chi connectivity index (χ4v) is 7.25. The van der Waals surface area contributed by atoms with E-state index >= 15 is 8.78 Å². The number of aryl methyl sites for hydroxylation is 1. The van der Waals surface area contributed by atoms with Crippen LogP contribution in [0.3, 0.4) is 0 Å². The highest BCUT2D eigenvalue weighted by atomic mass is 35.5. The molecular weight excluding hydrogens is 724 g/mol. The van der Waals surface area contributed by atoms with Crippen LogP contribution in [-0.2, 0) is 30.7 Å². The molecule has 2 aliphatic carbocycles. The zero-order valence-corrected chi connectivity index (χ0v) is 29.0. The Hall–Kier alpha value is -5.33. The number of nitrogens with one attached hydrogen (secondary N) is 1. The number of nitrogens with two attached hydrogens (primary N) is 1. The van der Waals surface area contributed by atoms with Crippen LogP contribution in [-0.4, -0.2) is 41.2 Å². The molecule has 0 bridgehead atoms. The number of carbonyl (C=O) groups excluding carboxylic acids is 1. The number of amides is 1. The maximum Gasteiger partial charge on any atom is 0.296 e. The van der Waals surface area contributed by atoms with Crippen molar-refractivity contribution < 1.29 is 36.2 Å². The Morgan fingerprint density at radius 2 is 1.77 bits per heavy atom. The summed E-state index contributed by atoms with van der Waals surface area (Å²) in [6, 6.07) is 7.98. The summed E-state index contributed by atoms with van der Waals surface area (Å²) in [5.74, 6) is -3.02. The Kier molecular flexibility index (Phi) is 8.81. The van der Waals surface area contributed by atoms with Gasteiger partial charge in [-0.1, -0.05) is 35.7 Å². The standard InChI is InChI=1S/C37H30ClF6N7O2/c1-36(2,53)11-10-20-4-5-21(22-7-9-25(38)29-32(22)50(3)49-35(29)45)30(46-20)26(14-17-12-18(39)15-19(40)13-17)47-27(52)16-51-33-28(31(48-51)34(41)42)23-6-8-24(23)37(33,43)44/h4-9,12-13,15,23-24,26,34,53H,14,16H2,1-3H3,(H2,45,49)(H,47,52). The first kappa shape index (κ1) is 36.0. The molecule has 0 saturated heterocycles. The Bertz CT molecular complexity index is 2390. The van der Waals surface area contributed by atoms with Crippen molar-refractivity contribution in [3.05, 3.63) is 105 Å². The predicted octanol–water partition coefficient (Wildman–Crippen LogP) is 6.88. The van der Waals surface area contributed by atoms with Crippen molar-refractivity contribution in [2.24, 2.45) is 13.0 Å². The van der Waals surface area contributed by atoms with Crippen LogP contribution in [0.1, 0.15) is 66.1 Å². The van der Waals surface area contributed by atoms with E-state index in [-0.39, 0.29) is 34.8 Å². The largest absolute Gasteiger partial charge is 0.382 e. The topological polar surface area (TPSA) is 124 Å². The molecule has 3 unspecified atom stereocenters. The molecule has 7 rings (SSSR count). The SMILES string of the molecule is Cn1nc(N)c2c(Cl)ccc(-c3ccc(C#CC(C)(C)O)nc3C(Cc3cc(F)cc(F)c3)NC(=O)Cn3nc(C(F)F)c4c3C(F)(F)C3C=CC43)c21. The lowest BCUT2D eigenvalue weighted by Crippen LogP contribution is -2.35. The van der Waals surface area contributed by atoms with Gasteiger partial charge < -0.3 is 16.2 Å². The summed E-state index contributed by atoms with van der Waals surface area (Å²) in [4.78, 5) is 18.6. The molecule has 0 saturated carbocycles. The van der Waals surface area contributed by atoms with Gasteiger partial charge in [-0.05, 0) is 62.1 Å². The highest BCUT2D eigenvalue weighted by Crippen LogP contribution is 2.59. The van der Waals surface area contributed by atoms with Crippen LogP contribution in [0.2, 0.25) is 5.02 Å². The average Bonchev–Trinajstić information content (AvgIpc) is 3.60. The molecule has 4 N–H and O–H groups in total.